The molecule has 11 aromatic rings. The Kier molecular flexibility index (Phi) is 23.6. The first-order valence-corrected chi connectivity index (χ1v) is 36.7. The normalized spacial score (nSPS) is 14.6. The molecule has 3 atom stereocenters. The molecule has 4 aliphatic carbocycles. The molecule has 3 saturated carbocycles. The number of aryl methyl sites for hydroxylation is 4. The van der Waals surface area contributed by atoms with Gasteiger partial charge in [0.25, 0.3) is 17.7 Å². The van der Waals surface area contributed by atoms with E-state index in [2.05, 4.69) is 107 Å². The van der Waals surface area contributed by atoms with Gasteiger partial charge < -0.3 is 53.8 Å². The van der Waals surface area contributed by atoms with Crippen LogP contribution in [0.4, 0.5) is 17.1 Å². The van der Waals surface area contributed by atoms with Gasteiger partial charge in [-0.1, -0.05) is 103 Å². The first kappa shape index (κ1) is 73.2. The highest BCUT2D eigenvalue weighted by Gasteiger charge is 2.29. The number of allylic oxidation sites excluding steroid dienone is 2. The third kappa shape index (κ3) is 19.0. The van der Waals surface area contributed by atoms with Crippen molar-refractivity contribution in [2.24, 2.45) is 42.0 Å². The number of carbonyl (C=O) groups is 3. The molecular weight excluding hydrogens is 1320 g/mol. The highest BCUT2D eigenvalue weighted by molar-refractivity contribution is 6.05. The molecule has 3 amide bonds. The Morgan fingerprint density at radius 3 is 1.19 bits per heavy atom. The van der Waals surface area contributed by atoms with E-state index >= 15 is 0 Å². The number of benzene rings is 7. The molecule has 3 fully saturated rings. The molecule has 544 valence electrons. The Hall–Kier alpha value is -11.2. The summed E-state index contributed by atoms with van der Waals surface area (Å²) in [6.07, 6.45) is 19.3. The Bertz CT molecular complexity index is 4930. The summed E-state index contributed by atoms with van der Waals surface area (Å²) in [5.74, 6) is 2.47. The van der Waals surface area contributed by atoms with Crippen molar-refractivity contribution in [3.8, 4) is 22.8 Å². The molecule has 0 aliphatic heterocycles. The smallest absolute Gasteiger partial charge is 0.274 e. The minimum Gasteiger partial charge on any atom is -0.497 e. The maximum atomic E-state index is 13.4. The van der Waals surface area contributed by atoms with Crippen LogP contribution in [0.25, 0.3) is 17.1 Å². The summed E-state index contributed by atoms with van der Waals surface area (Å²) in [5, 5.41) is 38.4. The summed E-state index contributed by atoms with van der Waals surface area (Å²) in [6.45, 7) is 9.89. The van der Waals surface area contributed by atoms with E-state index in [-0.39, 0.29) is 35.8 Å². The van der Waals surface area contributed by atoms with Gasteiger partial charge in [-0.15, -0.1) is 0 Å². The molecule has 3 unspecified atom stereocenters. The number of carbonyl (C=O) groups excluding carboxylic acids is 3. The van der Waals surface area contributed by atoms with Gasteiger partial charge in [-0.3, -0.25) is 19.1 Å². The van der Waals surface area contributed by atoms with Crippen LogP contribution in [0.5, 0.6) is 5.75 Å². The van der Waals surface area contributed by atoms with Crippen molar-refractivity contribution in [2.75, 3.05) is 42.7 Å². The van der Waals surface area contributed by atoms with Crippen molar-refractivity contribution in [3.05, 3.63) is 303 Å². The number of hydrogen-bond acceptors (Lipinski definition) is 14. The van der Waals surface area contributed by atoms with Gasteiger partial charge in [0.2, 0.25) is 0 Å². The fourth-order valence-electron chi connectivity index (χ4n) is 13.2. The summed E-state index contributed by atoms with van der Waals surface area (Å²) in [6, 6.07) is 61.1. The van der Waals surface area contributed by atoms with Gasteiger partial charge in [-0.25, -0.2) is 14.0 Å². The fourth-order valence-corrected chi connectivity index (χ4v) is 13.2. The van der Waals surface area contributed by atoms with Crippen LogP contribution < -0.4 is 53.8 Å². The minimum atomic E-state index is -0.220. The van der Waals surface area contributed by atoms with Crippen molar-refractivity contribution in [3.63, 3.8) is 0 Å². The largest absolute Gasteiger partial charge is 0.497 e. The van der Waals surface area contributed by atoms with Gasteiger partial charge in [-0.2, -0.15) is 20.4 Å². The Morgan fingerprint density at radius 2 is 0.840 bits per heavy atom. The third-order valence-electron chi connectivity index (χ3n) is 19.4. The quantitative estimate of drug-likeness (QED) is 0.0221. The highest BCUT2D eigenvalue weighted by atomic mass is 16.5. The predicted octanol–water partition coefficient (Wildman–Crippen LogP) is 13.5. The fraction of sp³-hybridized carbons (Fsp3) is 0.282. The van der Waals surface area contributed by atoms with Crippen LogP contribution in [-0.2, 0) is 26.7 Å². The standard InChI is InChI=1S/C30H33N5O2.C28H31N5O.C27H31N7O/c1-20-15-28(35(34-20)26-8-3-5-22(16-26)18-31)30(36)33-25-7-4-6-24(17-25)29(32-19-21-9-10-21)23-11-13-27(37-2)14-12-23;1-19-14-26(33(32-19)25-11-4-6-21(15-25)17-29)28(34)31-24-10-5-9-23(16-24)27(22-7-2-3-8-22)30-18-20-12-13-20;1-18-11-25(34(32-18)24-8-3-5-20(12-24)14-28)27(35)31-23-7-4-6-21(13-23)26(29-15-19-9-10-19)22-16-30-33(2)17-22/h3-8,11-17,21,29,32H,9-10,18-19,31H2,1-2H3,(H,33,36);2,4-11,14-16,20,27,30H,3,12-13,17-18,29H2,1H3,(H,31,34);3-8,11-13,16-17,19,26,29H,9-10,14-15,28H2,1-2H3,(H,31,35). The van der Waals surface area contributed by atoms with Gasteiger partial charge >= 0.3 is 0 Å². The van der Waals surface area contributed by atoms with E-state index in [0.29, 0.717) is 36.7 Å². The molecule has 106 heavy (non-hydrogen) atoms. The zero-order chi connectivity index (χ0) is 73.6. The van der Waals surface area contributed by atoms with Crippen LogP contribution in [0.3, 0.4) is 0 Å². The zero-order valence-electron chi connectivity index (χ0n) is 60.9. The second kappa shape index (κ2) is 34.2. The van der Waals surface area contributed by atoms with Crippen molar-refractivity contribution in [1.82, 2.24) is 55.1 Å². The number of rotatable bonds is 28. The topological polar surface area (TPSA) is 282 Å². The lowest BCUT2D eigenvalue weighted by atomic mass is 9.97. The number of hydrogen-bond donors (Lipinski definition) is 9. The molecule has 0 bridgehead atoms. The summed E-state index contributed by atoms with van der Waals surface area (Å²) in [4.78, 5) is 40.0. The predicted molar refractivity (Wildman–Crippen MR) is 418 cm³/mol. The first-order chi connectivity index (χ1) is 51.6. The van der Waals surface area contributed by atoms with E-state index in [0.717, 1.165) is 145 Å². The monoisotopic (exact) mass is 1420 g/mol. The van der Waals surface area contributed by atoms with Gasteiger partial charge in [0, 0.05) is 55.5 Å². The Morgan fingerprint density at radius 1 is 0.462 bits per heavy atom. The summed E-state index contributed by atoms with van der Waals surface area (Å²) in [5.41, 5.74) is 35.6. The molecule has 21 heteroatoms. The van der Waals surface area contributed by atoms with Crippen molar-refractivity contribution in [2.45, 2.75) is 103 Å². The number of ether oxygens (including phenoxy) is 1. The van der Waals surface area contributed by atoms with E-state index in [1.807, 2.05) is 184 Å². The number of nitrogens with zero attached hydrogens (tertiary/aromatic N) is 8. The number of amides is 3. The van der Waals surface area contributed by atoms with E-state index < -0.39 is 0 Å². The van der Waals surface area contributed by atoms with Gasteiger partial charge in [0.1, 0.15) is 22.8 Å². The first-order valence-electron chi connectivity index (χ1n) is 36.7. The number of nitrogens with two attached hydrogens (primary N) is 3. The van der Waals surface area contributed by atoms with E-state index in [4.69, 9.17) is 21.9 Å². The zero-order valence-corrected chi connectivity index (χ0v) is 60.9. The molecule has 7 aromatic carbocycles. The Balaban J connectivity index is 0.000000141. The SMILES string of the molecule is COc1ccc(C(NCC2CC2)c2cccc(NC(=O)c3cc(C)nn3-c3cccc(CN)c3)c2)cc1.Cc1cc(C(=O)Nc2cccc(C(NCC3CC3)C3=CCC=C3)c2)n(-c2cccc(CN)c2)n1.Cc1cc(C(=O)Nc2cccc(C(NCC3CC3)c3cnn(C)c3)c2)n(-c2cccc(CN)c2)n1. The van der Waals surface area contributed by atoms with Crippen LogP contribution in [0.15, 0.2) is 224 Å². The molecular formula is C85H95N17O4. The Labute approximate surface area is 619 Å². The molecule has 4 heterocycles. The number of anilines is 3. The molecule has 15 rings (SSSR count). The second-order valence-electron chi connectivity index (χ2n) is 28.0. The summed E-state index contributed by atoms with van der Waals surface area (Å²) >= 11 is 0. The maximum absolute atomic E-state index is 13.4. The molecule has 21 nitrogen and oxygen atoms in total. The lowest BCUT2D eigenvalue weighted by Gasteiger charge is -2.21. The van der Waals surface area contributed by atoms with Crippen molar-refractivity contribution >= 4 is 34.8 Å². The van der Waals surface area contributed by atoms with Crippen LogP contribution in [0, 0.1) is 38.5 Å². The minimum absolute atomic E-state index is 0.00734. The van der Waals surface area contributed by atoms with Gasteiger partial charge in [0.15, 0.2) is 0 Å². The van der Waals surface area contributed by atoms with Crippen molar-refractivity contribution < 1.29 is 19.1 Å². The molecule has 0 radical (unpaired) electrons. The molecule has 0 spiro atoms. The molecule has 4 aromatic heterocycles. The van der Waals surface area contributed by atoms with E-state index in [9.17, 15) is 14.4 Å². The maximum Gasteiger partial charge on any atom is 0.274 e. The number of aromatic nitrogens is 8. The lowest BCUT2D eigenvalue weighted by Crippen LogP contribution is -2.25. The van der Waals surface area contributed by atoms with Crippen LogP contribution in [0.2, 0.25) is 0 Å². The molecule has 12 N–H and O–H groups in total. The average Bonchev–Trinajstić information content (AvgIpc) is 1.60. The summed E-state index contributed by atoms with van der Waals surface area (Å²) < 4.78 is 12.2. The molecule has 4 aliphatic rings. The van der Waals surface area contributed by atoms with E-state index in [1.165, 1.54) is 44.1 Å². The van der Waals surface area contributed by atoms with E-state index in [1.54, 1.807) is 33.3 Å². The average molecular weight is 1420 g/mol. The van der Waals surface area contributed by atoms with Crippen LogP contribution >= 0.6 is 0 Å². The van der Waals surface area contributed by atoms with Crippen LogP contribution in [-0.4, -0.2) is 83.6 Å². The van der Waals surface area contributed by atoms with Gasteiger partial charge in [0.05, 0.1) is 65.6 Å². The number of nitrogens with one attached hydrogen (secondary N) is 6. The highest BCUT2D eigenvalue weighted by Crippen LogP contribution is 2.36. The second-order valence-corrected chi connectivity index (χ2v) is 28.0. The van der Waals surface area contributed by atoms with Crippen LogP contribution in [0.1, 0.15) is 156 Å². The lowest BCUT2D eigenvalue weighted by molar-refractivity contribution is 0.101. The number of methoxy groups -OCH3 is 1. The van der Waals surface area contributed by atoms with Gasteiger partial charge in [-0.05, 0) is 251 Å². The van der Waals surface area contributed by atoms with Crippen molar-refractivity contribution in [1.29, 1.82) is 0 Å². The molecule has 0 saturated heterocycles. The summed E-state index contributed by atoms with van der Waals surface area (Å²) in [7, 11) is 3.60. The third-order valence-corrected chi connectivity index (χ3v) is 19.4.